The van der Waals surface area contributed by atoms with Gasteiger partial charge in [-0.15, -0.1) is 0 Å². The molecule has 136 valence electrons. The molecule has 0 aliphatic carbocycles. The molecule has 26 heavy (non-hydrogen) atoms. The molecule has 1 N–H and O–H groups in total. The highest BCUT2D eigenvalue weighted by molar-refractivity contribution is 6.34. The highest BCUT2D eigenvalue weighted by Gasteiger charge is 2.17. The standard InChI is InChI=1S/C19H19ClN2O4/c20-15-11-17-18(26-10-9-25-17)12-16(15)21-19(23)13-1-3-14(4-2-13)22-5-7-24-8-6-22/h1-4,11-12H,5-10H2,(H,21,23). The lowest BCUT2D eigenvalue weighted by Crippen LogP contribution is -2.36. The molecule has 2 aliphatic rings. The van der Waals surface area contributed by atoms with Crippen LogP contribution in [-0.4, -0.2) is 45.4 Å². The van der Waals surface area contributed by atoms with E-state index in [0.717, 1.165) is 32.0 Å². The summed E-state index contributed by atoms with van der Waals surface area (Å²) in [6.45, 7) is 4.14. The summed E-state index contributed by atoms with van der Waals surface area (Å²) < 4.78 is 16.4. The van der Waals surface area contributed by atoms with Gasteiger partial charge in [-0.05, 0) is 24.3 Å². The Morgan fingerprint density at radius 3 is 2.31 bits per heavy atom. The summed E-state index contributed by atoms with van der Waals surface area (Å²) in [4.78, 5) is 14.8. The summed E-state index contributed by atoms with van der Waals surface area (Å²) in [5.41, 5.74) is 2.15. The molecule has 0 saturated carbocycles. The van der Waals surface area contributed by atoms with Gasteiger partial charge in [0, 0.05) is 36.5 Å². The Hall–Kier alpha value is -2.44. The molecule has 2 aromatic carbocycles. The van der Waals surface area contributed by atoms with Gasteiger partial charge < -0.3 is 24.4 Å². The first-order chi connectivity index (χ1) is 12.7. The van der Waals surface area contributed by atoms with E-state index in [9.17, 15) is 4.79 Å². The van der Waals surface area contributed by atoms with E-state index in [1.54, 1.807) is 12.1 Å². The lowest BCUT2D eigenvalue weighted by atomic mass is 10.1. The molecule has 0 unspecified atom stereocenters. The van der Waals surface area contributed by atoms with Gasteiger partial charge in [0.1, 0.15) is 13.2 Å². The van der Waals surface area contributed by atoms with Crippen LogP contribution in [0.3, 0.4) is 0 Å². The van der Waals surface area contributed by atoms with Crippen LogP contribution in [0.15, 0.2) is 36.4 Å². The Morgan fingerprint density at radius 2 is 1.62 bits per heavy atom. The lowest BCUT2D eigenvalue weighted by molar-refractivity contribution is 0.102. The van der Waals surface area contributed by atoms with E-state index in [2.05, 4.69) is 10.2 Å². The smallest absolute Gasteiger partial charge is 0.255 e. The number of amides is 1. The van der Waals surface area contributed by atoms with Crippen LogP contribution in [0.2, 0.25) is 5.02 Å². The fourth-order valence-corrected chi connectivity index (χ4v) is 3.20. The maximum Gasteiger partial charge on any atom is 0.255 e. The fourth-order valence-electron chi connectivity index (χ4n) is 3.00. The Kier molecular flexibility index (Phi) is 4.86. The van der Waals surface area contributed by atoms with Crippen molar-refractivity contribution in [2.75, 3.05) is 49.7 Å². The normalized spacial score (nSPS) is 16.3. The van der Waals surface area contributed by atoms with Crippen molar-refractivity contribution < 1.29 is 19.0 Å². The van der Waals surface area contributed by atoms with Crippen molar-refractivity contribution in [3.63, 3.8) is 0 Å². The molecule has 2 aromatic rings. The van der Waals surface area contributed by atoms with Gasteiger partial charge in [-0.1, -0.05) is 11.6 Å². The average molecular weight is 375 g/mol. The molecule has 0 radical (unpaired) electrons. The summed E-state index contributed by atoms with van der Waals surface area (Å²) in [5, 5.41) is 3.25. The molecule has 0 bridgehead atoms. The van der Waals surface area contributed by atoms with Crippen LogP contribution < -0.4 is 19.7 Å². The van der Waals surface area contributed by atoms with Crippen molar-refractivity contribution >= 4 is 28.9 Å². The summed E-state index contributed by atoms with van der Waals surface area (Å²) >= 11 is 6.25. The molecular formula is C19H19ClN2O4. The molecule has 2 heterocycles. The van der Waals surface area contributed by atoms with Gasteiger partial charge in [-0.3, -0.25) is 4.79 Å². The number of carbonyl (C=O) groups is 1. The van der Waals surface area contributed by atoms with E-state index < -0.39 is 0 Å². The van der Waals surface area contributed by atoms with Crippen molar-refractivity contribution in [2.24, 2.45) is 0 Å². The monoisotopic (exact) mass is 374 g/mol. The Bertz CT molecular complexity index is 804. The first-order valence-corrected chi connectivity index (χ1v) is 8.92. The number of halogens is 1. The second-order valence-corrected chi connectivity index (χ2v) is 6.48. The Balaban J connectivity index is 1.48. The van der Waals surface area contributed by atoms with Gasteiger partial charge in [0.05, 0.1) is 23.9 Å². The van der Waals surface area contributed by atoms with Gasteiger partial charge in [-0.2, -0.15) is 0 Å². The third kappa shape index (κ3) is 3.57. The van der Waals surface area contributed by atoms with Gasteiger partial charge >= 0.3 is 0 Å². The fraction of sp³-hybridized carbons (Fsp3) is 0.316. The first-order valence-electron chi connectivity index (χ1n) is 8.54. The number of anilines is 2. The summed E-state index contributed by atoms with van der Waals surface area (Å²) in [6, 6.07) is 10.9. The van der Waals surface area contributed by atoms with Crippen molar-refractivity contribution in [3.05, 3.63) is 47.0 Å². The Labute approximate surface area is 156 Å². The van der Waals surface area contributed by atoms with Crippen LogP contribution in [0.5, 0.6) is 11.5 Å². The van der Waals surface area contributed by atoms with Crippen LogP contribution in [0.1, 0.15) is 10.4 Å². The molecule has 1 fully saturated rings. The quantitative estimate of drug-likeness (QED) is 0.894. The maximum absolute atomic E-state index is 12.5. The zero-order chi connectivity index (χ0) is 17.9. The SMILES string of the molecule is O=C(Nc1cc2c(cc1Cl)OCCO2)c1ccc(N2CCOCC2)cc1. The van der Waals surface area contributed by atoms with Gasteiger partial charge in [-0.25, -0.2) is 0 Å². The largest absolute Gasteiger partial charge is 0.486 e. The van der Waals surface area contributed by atoms with Crippen molar-refractivity contribution in [1.82, 2.24) is 0 Å². The van der Waals surface area contributed by atoms with E-state index in [4.69, 9.17) is 25.8 Å². The predicted octanol–water partition coefficient (Wildman–Crippen LogP) is 3.20. The minimum atomic E-state index is -0.225. The predicted molar refractivity (Wildman–Crippen MR) is 99.9 cm³/mol. The highest BCUT2D eigenvalue weighted by Crippen LogP contribution is 2.38. The molecule has 1 saturated heterocycles. The zero-order valence-corrected chi connectivity index (χ0v) is 14.9. The van der Waals surface area contributed by atoms with E-state index in [-0.39, 0.29) is 5.91 Å². The number of rotatable bonds is 3. The average Bonchev–Trinajstić information content (AvgIpc) is 2.69. The third-order valence-corrected chi connectivity index (χ3v) is 4.70. The van der Waals surface area contributed by atoms with Crippen molar-refractivity contribution in [2.45, 2.75) is 0 Å². The third-order valence-electron chi connectivity index (χ3n) is 4.39. The number of carbonyl (C=O) groups excluding carboxylic acids is 1. The molecule has 0 atom stereocenters. The van der Waals surface area contributed by atoms with Crippen LogP contribution in [-0.2, 0) is 4.74 Å². The minimum absolute atomic E-state index is 0.225. The summed E-state index contributed by atoms with van der Waals surface area (Å²) in [6.07, 6.45) is 0. The number of fused-ring (bicyclic) bond motifs is 1. The molecule has 6 nitrogen and oxygen atoms in total. The minimum Gasteiger partial charge on any atom is -0.486 e. The number of hydrogen-bond acceptors (Lipinski definition) is 5. The molecule has 7 heteroatoms. The van der Waals surface area contributed by atoms with E-state index in [0.29, 0.717) is 41.0 Å². The second kappa shape index (κ2) is 7.43. The number of ether oxygens (including phenoxy) is 3. The van der Waals surface area contributed by atoms with E-state index in [1.165, 1.54) is 0 Å². The first kappa shape index (κ1) is 17.0. The number of morpholine rings is 1. The van der Waals surface area contributed by atoms with Gasteiger partial charge in [0.25, 0.3) is 5.91 Å². The number of benzene rings is 2. The second-order valence-electron chi connectivity index (χ2n) is 6.08. The van der Waals surface area contributed by atoms with Crippen LogP contribution in [0.25, 0.3) is 0 Å². The van der Waals surface area contributed by atoms with Crippen molar-refractivity contribution in [1.29, 1.82) is 0 Å². The van der Waals surface area contributed by atoms with Crippen molar-refractivity contribution in [3.8, 4) is 11.5 Å². The van der Waals surface area contributed by atoms with E-state index >= 15 is 0 Å². The van der Waals surface area contributed by atoms with Gasteiger partial charge in [0.2, 0.25) is 0 Å². The molecule has 4 rings (SSSR count). The molecule has 0 spiro atoms. The molecular weight excluding hydrogens is 356 g/mol. The highest BCUT2D eigenvalue weighted by atomic mass is 35.5. The molecule has 0 aromatic heterocycles. The Morgan fingerprint density at radius 1 is 0.962 bits per heavy atom. The summed E-state index contributed by atoms with van der Waals surface area (Å²) in [5.74, 6) is 0.949. The van der Waals surface area contributed by atoms with E-state index in [1.807, 2.05) is 24.3 Å². The number of nitrogens with zero attached hydrogens (tertiary/aromatic N) is 1. The maximum atomic E-state index is 12.5. The molecule has 1 amide bonds. The lowest BCUT2D eigenvalue weighted by Gasteiger charge is -2.28. The van der Waals surface area contributed by atoms with Gasteiger partial charge in [0.15, 0.2) is 11.5 Å². The van der Waals surface area contributed by atoms with Crippen LogP contribution in [0.4, 0.5) is 11.4 Å². The van der Waals surface area contributed by atoms with Crippen LogP contribution >= 0.6 is 11.6 Å². The van der Waals surface area contributed by atoms with Crippen LogP contribution in [0, 0.1) is 0 Å². The summed E-state index contributed by atoms with van der Waals surface area (Å²) in [7, 11) is 0. The number of hydrogen-bond donors (Lipinski definition) is 1. The number of nitrogens with one attached hydrogen (secondary N) is 1. The topological polar surface area (TPSA) is 60.0 Å². The zero-order valence-electron chi connectivity index (χ0n) is 14.2. The molecule has 2 aliphatic heterocycles.